The van der Waals surface area contributed by atoms with E-state index in [2.05, 4.69) is 0 Å². The van der Waals surface area contributed by atoms with Gasteiger partial charge in [-0.2, -0.15) is 0 Å². The second kappa shape index (κ2) is 5.36. The zero-order valence-corrected chi connectivity index (χ0v) is 11.5. The van der Waals surface area contributed by atoms with Crippen molar-refractivity contribution in [2.75, 3.05) is 26.2 Å². The van der Waals surface area contributed by atoms with Crippen LogP contribution in [0, 0.1) is 5.41 Å². The summed E-state index contributed by atoms with van der Waals surface area (Å²) in [5.74, 6) is -0.814. The molecular formula is C13H23N3O3. The molecule has 2 aliphatic rings. The molecule has 1 atom stereocenters. The molecule has 0 aromatic rings. The first-order valence-electron chi connectivity index (χ1n) is 6.95. The molecular weight excluding hydrogens is 246 g/mol. The Morgan fingerprint density at radius 1 is 1.21 bits per heavy atom. The molecule has 2 saturated heterocycles. The van der Waals surface area contributed by atoms with E-state index in [0.29, 0.717) is 32.6 Å². The minimum absolute atomic E-state index is 0.0286. The average Bonchev–Trinajstić information content (AvgIpc) is 2.39. The third kappa shape index (κ3) is 3.00. The van der Waals surface area contributed by atoms with Crippen LogP contribution in [0.1, 0.15) is 32.6 Å². The van der Waals surface area contributed by atoms with Gasteiger partial charge in [-0.3, -0.25) is 4.79 Å². The van der Waals surface area contributed by atoms with E-state index in [1.165, 1.54) is 0 Å². The first-order valence-corrected chi connectivity index (χ1v) is 6.95. The third-order valence-electron chi connectivity index (χ3n) is 4.29. The normalized spacial score (nSPS) is 29.4. The lowest BCUT2D eigenvalue weighted by Gasteiger charge is -2.41. The summed E-state index contributed by atoms with van der Waals surface area (Å²) in [6, 6.07) is 0.161. The zero-order chi connectivity index (χ0) is 14.0. The molecule has 0 aromatic heterocycles. The second-order valence-electron chi connectivity index (χ2n) is 6.00. The van der Waals surface area contributed by atoms with Gasteiger partial charge in [0.25, 0.3) is 0 Å². The molecule has 2 heterocycles. The van der Waals surface area contributed by atoms with Crippen LogP contribution in [0.4, 0.5) is 4.79 Å². The summed E-state index contributed by atoms with van der Waals surface area (Å²) in [5, 5.41) is 9.27. The number of hydrogen-bond acceptors (Lipinski definition) is 3. The van der Waals surface area contributed by atoms with Crippen LogP contribution in [0.25, 0.3) is 0 Å². The van der Waals surface area contributed by atoms with E-state index in [0.717, 1.165) is 19.3 Å². The number of rotatable bonds is 1. The predicted molar refractivity (Wildman–Crippen MR) is 70.7 cm³/mol. The predicted octanol–water partition coefficient (Wildman–Crippen LogP) is 0.716. The Labute approximate surface area is 113 Å². The van der Waals surface area contributed by atoms with E-state index in [4.69, 9.17) is 5.73 Å². The SMILES string of the molecule is CC1(C(=O)O)CCCN(C(=O)N2CCC(N)CC2)C1. The van der Waals surface area contributed by atoms with Crippen LogP contribution in [0.3, 0.4) is 0 Å². The van der Waals surface area contributed by atoms with Crippen LogP contribution in [-0.4, -0.2) is 59.1 Å². The van der Waals surface area contributed by atoms with Crippen LogP contribution >= 0.6 is 0 Å². The lowest BCUT2D eigenvalue weighted by Crippen LogP contribution is -2.54. The molecule has 2 amide bonds. The molecule has 19 heavy (non-hydrogen) atoms. The van der Waals surface area contributed by atoms with Crippen molar-refractivity contribution < 1.29 is 14.7 Å². The van der Waals surface area contributed by atoms with Crippen molar-refractivity contribution in [1.82, 2.24) is 9.80 Å². The van der Waals surface area contributed by atoms with Crippen molar-refractivity contribution in [1.29, 1.82) is 0 Å². The second-order valence-corrected chi connectivity index (χ2v) is 6.00. The van der Waals surface area contributed by atoms with Crippen molar-refractivity contribution in [2.24, 2.45) is 11.1 Å². The van der Waals surface area contributed by atoms with E-state index in [9.17, 15) is 14.7 Å². The highest BCUT2D eigenvalue weighted by Gasteiger charge is 2.40. The fourth-order valence-corrected chi connectivity index (χ4v) is 2.87. The quantitative estimate of drug-likeness (QED) is 0.734. The van der Waals surface area contributed by atoms with Crippen molar-refractivity contribution in [3.8, 4) is 0 Å². The Balaban J connectivity index is 1.97. The summed E-state index contributed by atoms with van der Waals surface area (Å²) in [4.78, 5) is 27.2. The summed E-state index contributed by atoms with van der Waals surface area (Å²) in [6.07, 6.45) is 3.05. The van der Waals surface area contributed by atoms with Gasteiger partial charge in [0.05, 0.1) is 5.41 Å². The van der Waals surface area contributed by atoms with Crippen molar-refractivity contribution in [2.45, 2.75) is 38.6 Å². The number of likely N-dealkylation sites (tertiary alicyclic amines) is 2. The number of urea groups is 1. The number of piperidine rings is 2. The van der Waals surface area contributed by atoms with Gasteiger partial charge >= 0.3 is 12.0 Å². The van der Waals surface area contributed by atoms with Gasteiger partial charge in [-0.1, -0.05) is 0 Å². The van der Waals surface area contributed by atoms with Gasteiger partial charge in [-0.25, -0.2) is 4.79 Å². The molecule has 0 aromatic carbocycles. The summed E-state index contributed by atoms with van der Waals surface area (Å²) in [7, 11) is 0. The maximum Gasteiger partial charge on any atom is 0.320 e. The number of nitrogens with zero attached hydrogens (tertiary/aromatic N) is 2. The number of aliphatic carboxylic acids is 1. The maximum absolute atomic E-state index is 12.4. The molecule has 0 spiro atoms. The summed E-state index contributed by atoms with van der Waals surface area (Å²) >= 11 is 0. The Kier molecular flexibility index (Phi) is 3.99. The van der Waals surface area contributed by atoms with Gasteiger partial charge in [-0.05, 0) is 32.6 Å². The number of nitrogens with two attached hydrogens (primary N) is 1. The number of hydrogen-bond donors (Lipinski definition) is 2. The minimum atomic E-state index is -0.814. The molecule has 2 aliphatic heterocycles. The zero-order valence-electron chi connectivity index (χ0n) is 11.5. The molecule has 2 fully saturated rings. The Morgan fingerprint density at radius 3 is 2.42 bits per heavy atom. The number of carbonyl (C=O) groups excluding carboxylic acids is 1. The fourth-order valence-electron chi connectivity index (χ4n) is 2.87. The van der Waals surface area contributed by atoms with Crippen molar-refractivity contribution in [3.05, 3.63) is 0 Å². The largest absolute Gasteiger partial charge is 0.481 e. The van der Waals surface area contributed by atoms with E-state index in [-0.39, 0.29) is 12.1 Å². The van der Waals surface area contributed by atoms with Crippen LogP contribution in [0.2, 0.25) is 0 Å². The molecule has 0 radical (unpaired) electrons. The molecule has 3 N–H and O–H groups in total. The lowest BCUT2D eigenvalue weighted by molar-refractivity contribution is -0.150. The highest BCUT2D eigenvalue weighted by molar-refractivity contribution is 5.78. The van der Waals surface area contributed by atoms with Gasteiger partial charge in [0, 0.05) is 32.2 Å². The maximum atomic E-state index is 12.4. The number of carbonyl (C=O) groups is 2. The summed E-state index contributed by atoms with van der Waals surface area (Å²) < 4.78 is 0. The van der Waals surface area contributed by atoms with Crippen LogP contribution in [-0.2, 0) is 4.79 Å². The minimum Gasteiger partial charge on any atom is -0.481 e. The topological polar surface area (TPSA) is 86.9 Å². The van der Waals surface area contributed by atoms with Crippen molar-refractivity contribution >= 4 is 12.0 Å². The highest BCUT2D eigenvalue weighted by atomic mass is 16.4. The molecule has 6 heteroatoms. The Bertz CT molecular complexity index is 366. The van der Waals surface area contributed by atoms with Gasteiger partial charge in [0.1, 0.15) is 0 Å². The highest BCUT2D eigenvalue weighted by Crippen LogP contribution is 2.30. The number of carboxylic acids is 1. The number of carboxylic acid groups (broad SMARTS) is 1. The Hall–Kier alpha value is -1.30. The standard InChI is InChI=1S/C13H23N3O3/c1-13(11(17)18)5-2-6-16(9-13)12(19)15-7-3-10(14)4-8-15/h10H,2-9,14H2,1H3,(H,17,18). The van der Waals surface area contributed by atoms with Crippen LogP contribution < -0.4 is 5.73 Å². The summed E-state index contributed by atoms with van der Waals surface area (Å²) in [6.45, 7) is 4.05. The Morgan fingerprint density at radius 2 is 1.84 bits per heavy atom. The van der Waals surface area contributed by atoms with E-state index >= 15 is 0 Å². The smallest absolute Gasteiger partial charge is 0.320 e. The third-order valence-corrected chi connectivity index (χ3v) is 4.29. The van der Waals surface area contributed by atoms with Crippen LogP contribution in [0.5, 0.6) is 0 Å². The van der Waals surface area contributed by atoms with Crippen LogP contribution in [0.15, 0.2) is 0 Å². The van der Waals surface area contributed by atoms with Gasteiger partial charge in [0.15, 0.2) is 0 Å². The first-order chi connectivity index (χ1) is 8.92. The van der Waals surface area contributed by atoms with E-state index in [1.807, 2.05) is 0 Å². The molecule has 0 saturated carbocycles. The monoisotopic (exact) mass is 269 g/mol. The molecule has 1 unspecified atom stereocenters. The average molecular weight is 269 g/mol. The van der Waals surface area contributed by atoms with Gasteiger partial charge < -0.3 is 20.6 Å². The molecule has 2 rings (SSSR count). The molecule has 6 nitrogen and oxygen atoms in total. The van der Waals surface area contributed by atoms with Gasteiger partial charge in [0.2, 0.25) is 0 Å². The summed E-state index contributed by atoms with van der Waals surface area (Å²) in [5.41, 5.74) is 5.02. The first kappa shape index (κ1) is 14.1. The fraction of sp³-hybridized carbons (Fsp3) is 0.846. The number of amides is 2. The lowest BCUT2D eigenvalue weighted by atomic mass is 9.82. The molecule has 0 aliphatic carbocycles. The van der Waals surface area contributed by atoms with Crippen molar-refractivity contribution in [3.63, 3.8) is 0 Å². The molecule has 0 bridgehead atoms. The molecule has 108 valence electrons. The van der Waals surface area contributed by atoms with E-state index in [1.54, 1.807) is 16.7 Å². The van der Waals surface area contributed by atoms with Gasteiger partial charge in [-0.15, -0.1) is 0 Å². The van der Waals surface area contributed by atoms with E-state index < -0.39 is 11.4 Å².